The molecular formula is C20H22F3N3O. The van der Waals surface area contributed by atoms with E-state index in [1.807, 2.05) is 49.0 Å². The van der Waals surface area contributed by atoms with Crippen LogP contribution in [0.5, 0.6) is 5.75 Å². The molecule has 7 heteroatoms. The smallest absolute Gasteiger partial charge is 0.416 e. The van der Waals surface area contributed by atoms with E-state index in [1.165, 1.54) is 6.07 Å². The number of para-hydroxylation sites is 1. The van der Waals surface area contributed by atoms with Crippen molar-refractivity contribution >= 4 is 11.0 Å². The number of rotatable bonds is 7. The van der Waals surface area contributed by atoms with Crippen LogP contribution in [0.3, 0.4) is 0 Å². The molecule has 0 spiro atoms. The summed E-state index contributed by atoms with van der Waals surface area (Å²) in [5.41, 5.74) is 0.332. The Kier molecular flexibility index (Phi) is 5.70. The Bertz CT molecular complexity index is 889. The fraction of sp³-hybridized carbons (Fsp3) is 0.350. The van der Waals surface area contributed by atoms with Gasteiger partial charge in [-0.05, 0) is 57.4 Å². The molecule has 3 aromatic rings. The second-order valence-corrected chi connectivity index (χ2v) is 6.64. The van der Waals surface area contributed by atoms with Crippen molar-refractivity contribution in [2.45, 2.75) is 25.7 Å². The first-order chi connectivity index (χ1) is 12.8. The summed E-state index contributed by atoms with van der Waals surface area (Å²) in [7, 11) is 3.97. The van der Waals surface area contributed by atoms with Gasteiger partial charge in [0, 0.05) is 6.54 Å². The summed E-state index contributed by atoms with van der Waals surface area (Å²) in [5, 5.41) is 0. The number of aromatic nitrogens is 2. The quantitative estimate of drug-likeness (QED) is 0.604. The molecule has 0 aliphatic heterocycles. The van der Waals surface area contributed by atoms with Crippen LogP contribution in [0, 0.1) is 0 Å². The molecule has 144 valence electrons. The van der Waals surface area contributed by atoms with E-state index in [4.69, 9.17) is 4.74 Å². The van der Waals surface area contributed by atoms with E-state index in [9.17, 15) is 13.2 Å². The number of imidazole rings is 1. The van der Waals surface area contributed by atoms with E-state index >= 15 is 0 Å². The number of benzene rings is 2. The fourth-order valence-corrected chi connectivity index (χ4v) is 2.93. The molecule has 2 aromatic carbocycles. The van der Waals surface area contributed by atoms with Gasteiger partial charge in [0.15, 0.2) is 0 Å². The van der Waals surface area contributed by atoms with Gasteiger partial charge >= 0.3 is 6.18 Å². The largest absolute Gasteiger partial charge is 0.486 e. The van der Waals surface area contributed by atoms with Gasteiger partial charge in [0.05, 0.1) is 16.6 Å². The topological polar surface area (TPSA) is 30.3 Å². The first-order valence-electron chi connectivity index (χ1n) is 8.73. The number of hydrogen-bond donors (Lipinski definition) is 0. The van der Waals surface area contributed by atoms with Gasteiger partial charge in [0.25, 0.3) is 0 Å². The van der Waals surface area contributed by atoms with E-state index in [0.717, 1.165) is 25.1 Å². The lowest BCUT2D eigenvalue weighted by Gasteiger charge is -2.13. The lowest BCUT2D eigenvalue weighted by Crippen LogP contribution is -2.16. The van der Waals surface area contributed by atoms with Gasteiger partial charge in [0.2, 0.25) is 0 Å². The molecule has 3 rings (SSSR count). The monoisotopic (exact) mass is 377 g/mol. The van der Waals surface area contributed by atoms with E-state index in [-0.39, 0.29) is 6.61 Å². The minimum absolute atomic E-state index is 0.196. The van der Waals surface area contributed by atoms with Crippen LogP contribution in [0.1, 0.15) is 17.8 Å². The van der Waals surface area contributed by atoms with Crippen LogP contribution in [0.25, 0.3) is 11.0 Å². The Morgan fingerprint density at radius 1 is 1.07 bits per heavy atom. The van der Waals surface area contributed by atoms with Crippen molar-refractivity contribution in [3.8, 4) is 5.75 Å². The summed E-state index contributed by atoms with van der Waals surface area (Å²) in [6, 6.07) is 13.0. The highest BCUT2D eigenvalue weighted by Gasteiger charge is 2.31. The highest BCUT2D eigenvalue weighted by Crippen LogP contribution is 2.31. The van der Waals surface area contributed by atoms with Gasteiger partial charge < -0.3 is 14.2 Å². The van der Waals surface area contributed by atoms with Gasteiger partial charge in [-0.3, -0.25) is 0 Å². The molecule has 0 radical (unpaired) electrons. The van der Waals surface area contributed by atoms with Crippen molar-refractivity contribution in [2.75, 3.05) is 20.6 Å². The van der Waals surface area contributed by atoms with Crippen molar-refractivity contribution in [3.63, 3.8) is 0 Å². The molecule has 0 fully saturated rings. The standard InChI is InChI=1S/C20H22F3N3O/c1-25(2)11-6-12-26-18-10-9-15(20(21,22)23)13-17(18)24-19(26)14-27-16-7-4-3-5-8-16/h3-5,7-10,13H,6,11-12,14H2,1-2H3. The maximum Gasteiger partial charge on any atom is 0.416 e. The first kappa shape index (κ1) is 19.2. The third-order valence-electron chi connectivity index (χ3n) is 4.25. The fourth-order valence-electron chi connectivity index (χ4n) is 2.93. The Balaban J connectivity index is 1.90. The summed E-state index contributed by atoms with van der Waals surface area (Å²) in [4.78, 5) is 6.49. The van der Waals surface area contributed by atoms with Gasteiger partial charge in [-0.15, -0.1) is 0 Å². The predicted octanol–water partition coefficient (Wildman–Crippen LogP) is 4.59. The second kappa shape index (κ2) is 8.00. The number of fused-ring (bicyclic) bond motifs is 1. The molecule has 0 aliphatic rings. The third kappa shape index (κ3) is 4.80. The van der Waals surface area contributed by atoms with Crippen LogP contribution < -0.4 is 4.74 Å². The van der Waals surface area contributed by atoms with Gasteiger partial charge in [-0.25, -0.2) is 4.98 Å². The molecule has 0 N–H and O–H groups in total. The molecule has 4 nitrogen and oxygen atoms in total. The Morgan fingerprint density at radius 3 is 2.48 bits per heavy atom. The van der Waals surface area contributed by atoms with Crippen molar-refractivity contribution in [1.29, 1.82) is 0 Å². The normalized spacial score (nSPS) is 12.1. The summed E-state index contributed by atoms with van der Waals surface area (Å²) in [6.45, 7) is 1.73. The highest BCUT2D eigenvalue weighted by molar-refractivity contribution is 5.77. The molecule has 0 bridgehead atoms. The average molecular weight is 377 g/mol. The van der Waals surface area contributed by atoms with Crippen LogP contribution in [0.2, 0.25) is 0 Å². The molecule has 0 saturated carbocycles. The number of hydrogen-bond acceptors (Lipinski definition) is 3. The molecule has 0 amide bonds. The molecule has 27 heavy (non-hydrogen) atoms. The molecule has 1 heterocycles. The van der Waals surface area contributed by atoms with Crippen LogP contribution in [-0.2, 0) is 19.3 Å². The second-order valence-electron chi connectivity index (χ2n) is 6.64. The van der Waals surface area contributed by atoms with E-state index in [1.54, 1.807) is 0 Å². The Hall–Kier alpha value is -2.54. The zero-order valence-corrected chi connectivity index (χ0v) is 15.3. The number of alkyl halides is 3. The summed E-state index contributed by atoms with van der Waals surface area (Å²) in [5.74, 6) is 1.31. The summed E-state index contributed by atoms with van der Waals surface area (Å²) < 4.78 is 46.8. The van der Waals surface area contributed by atoms with Crippen molar-refractivity contribution < 1.29 is 17.9 Å². The minimum Gasteiger partial charge on any atom is -0.486 e. The van der Waals surface area contributed by atoms with Gasteiger partial charge in [-0.2, -0.15) is 13.2 Å². The van der Waals surface area contributed by atoms with Crippen LogP contribution in [0.15, 0.2) is 48.5 Å². The lowest BCUT2D eigenvalue weighted by molar-refractivity contribution is -0.137. The average Bonchev–Trinajstić information content (AvgIpc) is 2.97. The minimum atomic E-state index is -4.39. The molecule has 0 aliphatic carbocycles. The van der Waals surface area contributed by atoms with Crippen LogP contribution >= 0.6 is 0 Å². The maximum absolute atomic E-state index is 13.0. The van der Waals surface area contributed by atoms with Gasteiger partial charge in [-0.1, -0.05) is 18.2 Å². The molecule has 0 unspecified atom stereocenters. The van der Waals surface area contributed by atoms with Crippen molar-refractivity contribution in [1.82, 2.24) is 14.5 Å². The SMILES string of the molecule is CN(C)CCCn1c(COc2ccccc2)nc2cc(C(F)(F)F)ccc21. The van der Waals surface area contributed by atoms with E-state index in [2.05, 4.69) is 9.88 Å². The maximum atomic E-state index is 13.0. The van der Waals surface area contributed by atoms with Crippen LogP contribution in [-0.4, -0.2) is 35.1 Å². The number of aryl methyl sites for hydroxylation is 1. The zero-order chi connectivity index (χ0) is 19.4. The number of halogens is 3. The molecule has 0 atom stereocenters. The van der Waals surface area contributed by atoms with Crippen molar-refractivity contribution in [3.05, 3.63) is 59.9 Å². The zero-order valence-electron chi connectivity index (χ0n) is 15.3. The molecule has 1 aromatic heterocycles. The van der Waals surface area contributed by atoms with Crippen molar-refractivity contribution in [2.24, 2.45) is 0 Å². The first-order valence-corrected chi connectivity index (χ1v) is 8.73. The number of ether oxygens (including phenoxy) is 1. The number of nitrogens with zero attached hydrogens (tertiary/aromatic N) is 3. The lowest BCUT2D eigenvalue weighted by atomic mass is 10.2. The Morgan fingerprint density at radius 2 is 1.81 bits per heavy atom. The predicted molar refractivity (Wildman–Crippen MR) is 98.7 cm³/mol. The highest BCUT2D eigenvalue weighted by atomic mass is 19.4. The third-order valence-corrected chi connectivity index (χ3v) is 4.25. The molecule has 0 saturated heterocycles. The van der Waals surface area contributed by atoms with E-state index < -0.39 is 11.7 Å². The Labute approximate surface area is 156 Å². The summed E-state index contributed by atoms with van der Waals surface area (Å²) in [6.07, 6.45) is -3.53. The van der Waals surface area contributed by atoms with Crippen LogP contribution in [0.4, 0.5) is 13.2 Å². The molecular weight excluding hydrogens is 355 g/mol. The summed E-state index contributed by atoms with van der Waals surface area (Å²) >= 11 is 0. The van der Waals surface area contributed by atoms with Gasteiger partial charge in [0.1, 0.15) is 18.2 Å². The van der Waals surface area contributed by atoms with E-state index in [0.29, 0.717) is 29.2 Å².